The van der Waals surface area contributed by atoms with Crippen LogP contribution >= 0.6 is 0 Å². The first kappa shape index (κ1) is 15.5. The molecule has 0 atom stereocenters. The highest BCUT2D eigenvalue weighted by atomic mass is 16.4. The van der Waals surface area contributed by atoms with Crippen LogP contribution in [0.2, 0.25) is 0 Å². The SMILES string of the molecule is CC(C)c1cc(C(=O)O)cc(NCCC2=CCCCC2)n1. The van der Waals surface area contributed by atoms with Gasteiger partial charge in [-0.1, -0.05) is 25.5 Å². The fraction of sp³-hybridized carbons (Fsp3) is 0.529. The summed E-state index contributed by atoms with van der Waals surface area (Å²) in [5.41, 5.74) is 2.62. The van der Waals surface area contributed by atoms with Crippen molar-refractivity contribution in [2.24, 2.45) is 0 Å². The van der Waals surface area contributed by atoms with Crippen LogP contribution in [0.5, 0.6) is 0 Å². The second-order valence-corrected chi connectivity index (χ2v) is 5.91. The van der Waals surface area contributed by atoms with Crippen molar-refractivity contribution in [3.63, 3.8) is 0 Å². The van der Waals surface area contributed by atoms with E-state index in [1.165, 1.54) is 31.3 Å². The largest absolute Gasteiger partial charge is 0.478 e. The number of hydrogen-bond acceptors (Lipinski definition) is 3. The van der Waals surface area contributed by atoms with E-state index in [1.807, 2.05) is 13.8 Å². The minimum absolute atomic E-state index is 0.214. The van der Waals surface area contributed by atoms with Crippen LogP contribution in [0.15, 0.2) is 23.8 Å². The molecule has 1 heterocycles. The molecule has 0 aliphatic heterocycles. The van der Waals surface area contributed by atoms with Crippen LogP contribution in [0.3, 0.4) is 0 Å². The molecule has 0 radical (unpaired) electrons. The maximum Gasteiger partial charge on any atom is 0.335 e. The smallest absolute Gasteiger partial charge is 0.335 e. The lowest BCUT2D eigenvalue weighted by atomic mass is 9.97. The van der Waals surface area contributed by atoms with Crippen molar-refractivity contribution in [1.29, 1.82) is 0 Å². The molecule has 21 heavy (non-hydrogen) atoms. The van der Waals surface area contributed by atoms with Gasteiger partial charge >= 0.3 is 5.97 Å². The van der Waals surface area contributed by atoms with E-state index in [1.54, 1.807) is 12.1 Å². The summed E-state index contributed by atoms with van der Waals surface area (Å²) in [6.07, 6.45) is 8.33. The van der Waals surface area contributed by atoms with Crippen molar-refractivity contribution in [2.45, 2.75) is 51.9 Å². The quantitative estimate of drug-likeness (QED) is 0.770. The minimum Gasteiger partial charge on any atom is -0.478 e. The predicted octanol–water partition coefficient (Wildman–Crippen LogP) is 4.21. The number of aromatic nitrogens is 1. The Morgan fingerprint density at radius 2 is 2.19 bits per heavy atom. The van der Waals surface area contributed by atoms with Gasteiger partial charge in [0.05, 0.1) is 5.56 Å². The van der Waals surface area contributed by atoms with Crippen LogP contribution < -0.4 is 5.32 Å². The molecule has 0 fully saturated rings. The van der Waals surface area contributed by atoms with Gasteiger partial charge in [0.1, 0.15) is 5.82 Å². The molecule has 0 amide bonds. The Bertz CT molecular complexity index is 536. The molecule has 0 unspecified atom stereocenters. The second kappa shape index (κ2) is 7.25. The molecule has 0 spiro atoms. The summed E-state index contributed by atoms with van der Waals surface area (Å²) in [6, 6.07) is 3.27. The summed E-state index contributed by atoms with van der Waals surface area (Å²) in [5, 5.41) is 12.4. The topological polar surface area (TPSA) is 62.2 Å². The summed E-state index contributed by atoms with van der Waals surface area (Å²) in [4.78, 5) is 15.7. The Hall–Kier alpha value is -1.84. The molecule has 0 bridgehead atoms. The van der Waals surface area contributed by atoms with E-state index in [0.717, 1.165) is 18.7 Å². The number of aromatic carboxylic acids is 1. The zero-order valence-electron chi connectivity index (χ0n) is 12.9. The van der Waals surface area contributed by atoms with Gasteiger partial charge in [-0.2, -0.15) is 0 Å². The summed E-state index contributed by atoms with van der Waals surface area (Å²) in [7, 11) is 0. The molecule has 4 nitrogen and oxygen atoms in total. The summed E-state index contributed by atoms with van der Waals surface area (Å²) < 4.78 is 0. The van der Waals surface area contributed by atoms with Gasteiger partial charge in [0.15, 0.2) is 0 Å². The Kier molecular flexibility index (Phi) is 5.37. The first-order valence-corrected chi connectivity index (χ1v) is 7.73. The lowest BCUT2D eigenvalue weighted by Gasteiger charge is -2.14. The molecule has 0 saturated carbocycles. The number of pyridine rings is 1. The van der Waals surface area contributed by atoms with Gasteiger partial charge in [-0.25, -0.2) is 9.78 Å². The molecule has 114 valence electrons. The second-order valence-electron chi connectivity index (χ2n) is 5.91. The lowest BCUT2D eigenvalue weighted by Crippen LogP contribution is -2.09. The van der Waals surface area contributed by atoms with Gasteiger partial charge in [0.2, 0.25) is 0 Å². The van der Waals surface area contributed by atoms with E-state index < -0.39 is 5.97 Å². The first-order chi connectivity index (χ1) is 10.1. The molecule has 2 N–H and O–H groups in total. The van der Waals surface area contributed by atoms with Crippen LogP contribution in [-0.4, -0.2) is 22.6 Å². The highest BCUT2D eigenvalue weighted by Gasteiger charge is 2.11. The third kappa shape index (κ3) is 4.59. The molecule has 4 heteroatoms. The fourth-order valence-corrected chi connectivity index (χ4v) is 2.54. The number of allylic oxidation sites excluding steroid dienone is 1. The van der Waals surface area contributed by atoms with Gasteiger partial charge in [-0.3, -0.25) is 0 Å². The zero-order chi connectivity index (χ0) is 15.2. The Morgan fingerprint density at radius 3 is 2.81 bits per heavy atom. The van der Waals surface area contributed by atoms with Gasteiger partial charge < -0.3 is 10.4 Å². The van der Waals surface area contributed by atoms with E-state index in [2.05, 4.69) is 16.4 Å². The van der Waals surface area contributed by atoms with E-state index in [9.17, 15) is 9.90 Å². The van der Waals surface area contributed by atoms with Crippen LogP contribution in [0.25, 0.3) is 0 Å². The van der Waals surface area contributed by atoms with Crippen LogP contribution in [0, 0.1) is 0 Å². The van der Waals surface area contributed by atoms with E-state index >= 15 is 0 Å². The van der Waals surface area contributed by atoms with Crippen molar-refractivity contribution in [1.82, 2.24) is 4.98 Å². The average Bonchev–Trinajstić information content (AvgIpc) is 2.48. The number of carbonyl (C=O) groups is 1. The van der Waals surface area contributed by atoms with Crippen LogP contribution in [0.1, 0.15) is 67.9 Å². The molecule has 0 saturated heterocycles. The third-order valence-electron chi connectivity index (χ3n) is 3.82. The van der Waals surface area contributed by atoms with E-state index in [0.29, 0.717) is 11.4 Å². The number of nitrogens with zero attached hydrogens (tertiary/aromatic N) is 1. The molecule has 1 aliphatic carbocycles. The number of nitrogens with one attached hydrogen (secondary N) is 1. The number of carboxylic acid groups (broad SMARTS) is 1. The molecule has 1 aliphatic rings. The summed E-state index contributed by atoms with van der Waals surface area (Å²) >= 11 is 0. The normalized spacial score (nSPS) is 14.9. The molecule has 1 aromatic heterocycles. The molecular weight excluding hydrogens is 264 g/mol. The highest BCUT2D eigenvalue weighted by Crippen LogP contribution is 2.21. The predicted molar refractivity (Wildman–Crippen MR) is 84.9 cm³/mol. The molecule has 1 aromatic rings. The zero-order valence-corrected chi connectivity index (χ0v) is 12.9. The first-order valence-electron chi connectivity index (χ1n) is 7.73. The van der Waals surface area contributed by atoms with Crippen molar-refractivity contribution >= 4 is 11.8 Å². The van der Waals surface area contributed by atoms with Gasteiger partial charge in [-0.05, 0) is 50.2 Å². The number of rotatable bonds is 6. The molecule has 0 aromatic carbocycles. The van der Waals surface area contributed by atoms with Crippen molar-refractivity contribution in [2.75, 3.05) is 11.9 Å². The fourth-order valence-electron chi connectivity index (χ4n) is 2.54. The summed E-state index contributed by atoms with van der Waals surface area (Å²) in [5.74, 6) is -0.0294. The van der Waals surface area contributed by atoms with Crippen molar-refractivity contribution in [3.8, 4) is 0 Å². The van der Waals surface area contributed by atoms with Crippen LogP contribution in [0.4, 0.5) is 5.82 Å². The molecular formula is C17H24N2O2. The average molecular weight is 288 g/mol. The Labute approximate surface area is 126 Å². The Morgan fingerprint density at radius 1 is 1.38 bits per heavy atom. The number of hydrogen-bond donors (Lipinski definition) is 2. The van der Waals surface area contributed by atoms with Gasteiger partial charge in [0.25, 0.3) is 0 Å². The monoisotopic (exact) mass is 288 g/mol. The summed E-state index contributed by atoms with van der Waals surface area (Å²) in [6.45, 7) is 4.84. The lowest BCUT2D eigenvalue weighted by molar-refractivity contribution is 0.0696. The van der Waals surface area contributed by atoms with Crippen molar-refractivity contribution in [3.05, 3.63) is 35.0 Å². The van der Waals surface area contributed by atoms with Crippen LogP contribution in [-0.2, 0) is 0 Å². The third-order valence-corrected chi connectivity index (χ3v) is 3.82. The highest BCUT2D eigenvalue weighted by molar-refractivity contribution is 5.88. The maximum absolute atomic E-state index is 11.2. The maximum atomic E-state index is 11.2. The van der Waals surface area contributed by atoms with Gasteiger partial charge in [0, 0.05) is 12.2 Å². The van der Waals surface area contributed by atoms with Crippen molar-refractivity contribution < 1.29 is 9.90 Å². The van der Waals surface area contributed by atoms with Gasteiger partial charge in [-0.15, -0.1) is 0 Å². The number of anilines is 1. The standard InChI is InChI=1S/C17H24N2O2/c1-12(2)15-10-14(17(20)21)11-16(19-15)18-9-8-13-6-4-3-5-7-13/h6,10-12H,3-5,7-9H2,1-2H3,(H,18,19)(H,20,21). The number of carboxylic acids is 1. The van der Waals surface area contributed by atoms with E-state index in [4.69, 9.17) is 0 Å². The minimum atomic E-state index is -0.905. The Balaban J connectivity index is 2.01. The molecule has 2 rings (SSSR count). The van der Waals surface area contributed by atoms with E-state index in [-0.39, 0.29) is 5.92 Å².